The summed E-state index contributed by atoms with van der Waals surface area (Å²) in [6.07, 6.45) is 8.86. The molecule has 0 amide bonds. The molecule has 88 valence electrons. The van der Waals surface area contributed by atoms with Gasteiger partial charge in [-0.3, -0.25) is 0 Å². The molecule has 0 aliphatic heterocycles. The molecule has 3 heteroatoms. The highest BCUT2D eigenvalue weighted by molar-refractivity contribution is 5.15. The number of rotatable bonds is 2. The Balaban J connectivity index is 2.07. The molecule has 1 aliphatic rings. The van der Waals surface area contributed by atoms with Gasteiger partial charge in [-0.1, -0.05) is 13.8 Å². The summed E-state index contributed by atoms with van der Waals surface area (Å²) in [4.78, 5) is 7.98. The second-order valence-electron chi connectivity index (χ2n) is 5.24. The van der Waals surface area contributed by atoms with Crippen molar-refractivity contribution in [1.82, 2.24) is 9.97 Å². The summed E-state index contributed by atoms with van der Waals surface area (Å²) in [7, 11) is 0. The quantitative estimate of drug-likeness (QED) is 0.833. The van der Waals surface area contributed by atoms with Gasteiger partial charge in [0.15, 0.2) is 0 Å². The Bertz CT molecular complexity index is 329. The van der Waals surface area contributed by atoms with Crippen molar-refractivity contribution in [3.8, 4) is 0 Å². The molecule has 0 unspecified atom stereocenters. The predicted molar refractivity (Wildman–Crippen MR) is 62.7 cm³/mol. The number of aliphatic hydroxyl groups is 1. The second-order valence-corrected chi connectivity index (χ2v) is 5.24. The summed E-state index contributed by atoms with van der Waals surface area (Å²) in [5.41, 5.74) is 0.185. The maximum Gasteiger partial charge on any atom is 0.115 e. The Morgan fingerprint density at radius 2 is 1.81 bits per heavy atom. The van der Waals surface area contributed by atoms with E-state index in [9.17, 15) is 5.11 Å². The van der Waals surface area contributed by atoms with E-state index in [0.29, 0.717) is 0 Å². The van der Waals surface area contributed by atoms with Gasteiger partial charge in [0.25, 0.3) is 0 Å². The van der Waals surface area contributed by atoms with E-state index in [-0.39, 0.29) is 0 Å². The van der Waals surface area contributed by atoms with Gasteiger partial charge < -0.3 is 5.11 Å². The highest BCUT2D eigenvalue weighted by Crippen LogP contribution is 2.41. The summed E-state index contributed by atoms with van der Waals surface area (Å²) in [6.45, 7) is 4.53. The van der Waals surface area contributed by atoms with Crippen molar-refractivity contribution in [2.24, 2.45) is 11.8 Å². The fourth-order valence-corrected chi connectivity index (χ4v) is 2.61. The Hall–Kier alpha value is -0.960. The van der Waals surface area contributed by atoms with Crippen LogP contribution in [-0.2, 0) is 5.60 Å². The van der Waals surface area contributed by atoms with Gasteiger partial charge in [0, 0.05) is 18.0 Å². The third-order valence-electron chi connectivity index (χ3n) is 3.90. The first kappa shape index (κ1) is 11.5. The number of hydrogen-bond donors (Lipinski definition) is 1. The molecule has 1 saturated carbocycles. The zero-order valence-electron chi connectivity index (χ0n) is 10.1. The van der Waals surface area contributed by atoms with E-state index in [1.165, 1.54) is 6.33 Å². The molecule has 2 rings (SSSR count). The van der Waals surface area contributed by atoms with E-state index in [0.717, 1.165) is 43.1 Å². The van der Waals surface area contributed by atoms with Crippen LogP contribution >= 0.6 is 0 Å². The molecule has 1 heterocycles. The van der Waals surface area contributed by atoms with E-state index in [4.69, 9.17) is 0 Å². The van der Waals surface area contributed by atoms with E-state index in [1.54, 1.807) is 12.4 Å². The monoisotopic (exact) mass is 220 g/mol. The molecule has 1 aliphatic carbocycles. The molecule has 0 aromatic carbocycles. The third-order valence-corrected chi connectivity index (χ3v) is 3.90. The van der Waals surface area contributed by atoms with Crippen LogP contribution in [0.4, 0.5) is 0 Å². The lowest BCUT2D eigenvalue weighted by molar-refractivity contribution is -0.0205. The van der Waals surface area contributed by atoms with Crippen molar-refractivity contribution >= 4 is 0 Å². The first-order chi connectivity index (χ1) is 7.62. The van der Waals surface area contributed by atoms with Gasteiger partial charge in [0.05, 0.1) is 5.60 Å². The molecular weight excluding hydrogens is 200 g/mol. The van der Waals surface area contributed by atoms with Gasteiger partial charge in [0.2, 0.25) is 0 Å². The van der Waals surface area contributed by atoms with E-state index in [2.05, 4.69) is 23.8 Å². The first-order valence-corrected chi connectivity index (χ1v) is 6.10. The molecule has 16 heavy (non-hydrogen) atoms. The molecule has 3 nitrogen and oxygen atoms in total. The Morgan fingerprint density at radius 1 is 1.25 bits per heavy atom. The fourth-order valence-electron chi connectivity index (χ4n) is 2.61. The number of aromatic nitrogens is 2. The normalized spacial score (nSPS) is 30.6. The van der Waals surface area contributed by atoms with Gasteiger partial charge in [-0.05, 0) is 37.5 Å². The van der Waals surface area contributed by atoms with Crippen LogP contribution in [0.1, 0.15) is 45.1 Å². The van der Waals surface area contributed by atoms with Crippen molar-refractivity contribution in [1.29, 1.82) is 0 Å². The number of hydrogen-bond acceptors (Lipinski definition) is 3. The summed E-state index contributed by atoms with van der Waals surface area (Å²) >= 11 is 0. The summed E-state index contributed by atoms with van der Waals surface area (Å²) in [5.74, 6) is 1.47. The van der Waals surface area contributed by atoms with Gasteiger partial charge in [-0.15, -0.1) is 0 Å². The van der Waals surface area contributed by atoms with E-state index < -0.39 is 5.60 Å². The predicted octanol–water partition coefficient (Wildman–Crippen LogP) is 2.51. The van der Waals surface area contributed by atoms with Crippen LogP contribution in [0.5, 0.6) is 0 Å². The fraction of sp³-hybridized carbons (Fsp3) is 0.692. The summed E-state index contributed by atoms with van der Waals surface area (Å²) in [5, 5.41) is 10.6. The van der Waals surface area contributed by atoms with Crippen LogP contribution in [0.3, 0.4) is 0 Å². The molecule has 0 saturated heterocycles. The molecule has 0 radical (unpaired) electrons. The van der Waals surface area contributed by atoms with Crippen LogP contribution in [0, 0.1) is 11.8 Å². The molecule has 0 bridgehead atoms. The highest BCUT2D eigenvalue weighted by atomic mass is 16.3. The zero-order chi connectivity index (χ0) is 11.6. The standard InChI is InChI=1S/C13H20N2O/c1-10(2)11-3-5-13(16,6-4-11)12-7-14-9-15-8-12/h7-11,16H,3-6H2,1-2H3. The number of nitrogens with zero attached hydrogens (tertiary/aromatic N) is 2. The smallest absolute Gasteiger partial charge is 0.115 e. The van der Waals surface area contributed by atoms with Crippen LogP contribution in [-0.4, -0.2) is 15.1 Å². The van der Waals surface area contributed by atoms with Crippen LogP contribution < -0.4 is 0 Å². The average molecular weight is 220 g/mol. The minimum Gasteiger partial charge on any atom is -0.385 e. The van der Waals surface area contributed by atoms with Crippen LogP contribution in [0.25, 0.3) is 0 Å². The van der Waals surface area contributed by atoms with Gasteiger partial charge in [-0.25, -0.2) is 9.97 Å². The average Bonchev–Trinajstić information content (AvgIpc) is 2.31. The largest absolute Gasteiger partial charge is 0.385 e. The van der Waals surface area contributed by atoms with Gasteiger partial charge in [0.1, 0.15) is 6.33 Å². The van der Waals surface area contributed by atoms with Gasteiger partial charge in [-0.2, -0.15) is 0 Å². The molecular formula is C13H20N2O. The first-order valence-electron chi connectivity index (χ1n) is 6.10. The van der Waals surface area contributed by atoms with E-state index >= 15 is 0 Å². The minimum atomic E-state index is -0.688. The topological polar surface area (TPSA) is 46.0 Å². The van der Waals surface area contributed by atoms with Crippen molar-refractivity contribution in [3.63, 3.8) is 0 Å². The van der Waals surface area contributed by atoms with Crippen LogP contribution in [0.2, 0.25) is 0 Å². The molecule has 0 atom stereocenters. The SMILES string of the molecule is CC(C)C1CCC(O)(c2cncnc2)CC1. The van der Waals surface area contributed by atoms with Crippen molar-refractivity contribution < 1.29 is 5.11 Å². The lowest BCUT2D eigenvalue weighted by atomic mass is 9.72. The lowest BCUT2D eigenvalue weighted by Gasteiger charge is -2.37. The third kappa shape index (κ3) is 2.24. The summed E-state index contributed by atoms with van der Waals surface area (Å²) < 4.78 is 0. The van der Waals surface area contributed by atoms with Crippen molar-refractivity contribution in [3.05, 3.63) is 24.3 Å². The van der Waals surface area contributed by atoms with E-state index in [1.807, 2.05) is 0 Å². The zero-order valence-corrected chi connectivity index (χ0v) is 10.1. The minimum absolute atomic E-state index is 0.688. The maximum atomic E-state index is 10.6. The maximum absolute atomic E-state index is 10.6. The Labute approximate surface area is 96.9 Å². The second kappa shape index (κ2) is 4.50. The molecule has 1 aromatic heterocycles. The van der Waals surface area contributed by atoms with Crippen LogP contribution in [0.15, 0.2) is 18.7 Å². The Morgan fingerprint density at radius 3 is 2.31 bits per heavy atom. The lowest BCUT2D eigenvalue weighted by Crippen LogP contribution is -2.33. The summed E-state index contributed by atoms with van der Waals surface area (Å²) in [6, 6.07) is 0. The van der Waals surface area contributed by atoms with Crippen molar-refractivity contribution in [2.45, 2.75) is 45.1 Å². The molecule has 1 N–H and O–H groups in total. The molecule has 1 fully saturated rings. The highest BCUT2D eigenvalue weighted by Gasteiger charge is 2.35. The Kier molecular flexibility index (Phi) is 3.24. The van der Waals surface area contributed by atoms with Gasteiger partial charge >= 0.3 is 0 Å². The van der Waals surface area contributed by atoms with Crippen molar-refractivity contribution in [2.75, 3.05) is 0 Å². The molecule has 1 aromatic rings. The molecule has 0 spiro atoms.